The Kier molecular flexibility index (Phi) is 3.41. The molecular formula is C15H18N4O. The van der Waals surface area contributed by atoms with Gasteiger partial charge >= 0.3 is 0 Å². The van der Waals surface area contributed by atoms with Gasteiger partial charge in [-0.1, -0.05) is 23.4 Å². The van der Waals surface area contributed by atoms with E-state index in [4.69, 9.17) is 4.52 Å². The van der Waals surface area contributed by atoms with Crippen molar-refractivity contribution in [1.82, 2.24) is 10.5 Å². The highest BCUT2D eigenvalue weighted by Crippen LogP contribution is 2.27. The second-order valence-corrected chi connectivity index (χ2v) is 4.87. The molecule has 0 saturated heterocycles. The Labute approximate surface area is 118 Å². The predicted molar refractivity (Wildman–Crippen MR) is 78.9 cm³/mol. The summed E-state index contributed by atoms with van der Waals surface area (Å²) < 4.78 is 5.21. The Morgan fingerprint density at radius 2 is 2.30 bits per heavy atom. The molecule has 1 aromatic carbocycles. The Balaban J connectivity index is 1.72. The summed E-state index contributed by atoms with van der Waals surface area (Å²) in [7, 11) is 1.80. The molecule has 2 aromatic rings. The van der Waals surface area contributed by atoms with Gasteiger partial charge in [-0.05, 0) is 25.0 Å². The first-order chi connectivity index (χ1) is 9.78. The van der Waals surface area contributed by atoms with Gasteiger partial charge in [0.15, 0.2) is 11.7 Å². The zero-order valence-corrected chi connectivity index (χ0v) is 11.8. The number of aliphatic imine (C=N–C) groups is 1. The second kappa shape index (κ2) is 5.36. The van der Waals surface area contributed by atoms with E-state index in [0.29, 0.717) is 6.54 Å². The van der Waals surface area contributed by atoms with Crippen LogP contribution in [0.25, 0.3) is 0 Å². The van der Waals surface area contributed by atoms with Crippen LogP contribution in [0.1, 0.15) is 17.0 Å². The molecule has 0 saturated carbocycles. The maximum atomic E-state index is 5.21. The van der Waals surface area contributed by atoms with Crippen LogP contribution in [0.2, 0.25) is 0 Å². The molecule has 0 fully saturated rings. The quantitative estimate of drug-likeness (QED) is 0.671. The molecule has 5 heteroatoms. The number of aromatic nitrogens is 1. The zero-order valence-electron chi connectivity index (χ0n) is 11.8. The SMILES string of the molecule is CN=C(NCc1cc(C)no1)N1CCc2ccccc21. The van der Waals surface area contributed by atoms with Gasteiger partial charge in [0.1, 0.15) is 0 Å². The topological polar surface area (TPSA) is 53.7 Å². The molecule has 1 aromatic heterocycles. The van der Waals surface area contributed by atoms with Crippen LogP contribution in [0.5, 0.6) is 0 Å². The van der Waals surface area contributed by atoms with Gasteiger partial charge < -0.3 is 14.7 Å². The van der Waals surface area contributed by atoms with Crippen LogP contribution < -0.4 is 10.2 Å². The summed E-state index contributed by atoms with van der Waals surface area (Å²) in [5, 5.41) is 7.21. The Morgan fingerprint density at radius 3 is 3.05 bits per heavy atom. The van der Waals surface area contributed by atoms with Gasteiger partial charge in [-0.3, -0.25) is 4.99 Å². The van der Waals surface area contributed by atoms with E-state index in [9.17, 15) is 0 Å². The van der Waals surface area contributed by atoms with E-state index in [2.05, 4.69) is 44.6 Å². The summed E-state index contributed by atoms with van der Waals surface area (Å²) in [6, 6.07) is 10.4. The lowest BCUT2D eigenvalue weighted by molar-refractivity contribution is 0.376. The molecule has 2 heterocycles. The van der Waals surface area contributed by atoms with Crippen molar-refractivity contribution in [3.63, 3.8) is 0 Å². The van der Waals surface area contributed by atoms with Gasteiger partial charge in [-0.2, -0.15) is 0 Å². The molecule has 104 valence electrons. The lowest BCUT2D eigenvalue weighted by Gasteiger charge is -2.21. The molecule has 5 nitrogen and oxygen atoms in total. The Morgan fingerprint density at radius 1 is 1.45 bits per heavy atom. The van der Waals surface area contributed by atoms with Crippen LogP contribution in [-0.4, -0.2) is 24.7 Å². The second-order valence-electron chi connectivity index (χ2n) is 4.87. The number of aryl methyl sites for hydroxylation is 1. The van der Waals surface area contributed by atoms with Gasteiger partial charge in [-0.15, -0.1) is 0 Å². The molecule has 1 aliphatic heterocycles. The van der Waals surface area contributed by atoms with Gasteiger partial charge in [0, 0.05) is 25.3 Å². The first-order valence-corrected chi connectivity index (χ1v) is 6.76. The minimum Gasteiger partial charge on any atom is -0.359 e. The maximum absolute atomic E-state index is 5.21. The summed E-state index contributed by atoms with van der Waals surface area (Å²) in [5.41, 5.74) is 3.49. The van der Waals surface area contributed by atoms with Gasteiger partial charge in [0.25, 0.3) is 0 Å². The standard InChI is InChI=1S/C15H18N4O/c1-11-9-13(20-18-11)10-17-15(16-2)19-8-7-12-5-3-4-6-14(12)19/h3-6,9H,7-8,10H2,1-2H3,(H,16,17). The number of hydrogen-bond acceptors (Lipinski definition) is 3. The molecular weight excluding hydrogens is 252 g/mol. The number of nitrogens with one attached hydrogen (secondary N) is 1. The summed E-state index contributed by atoms with van der Waals surface area (Å²) in [6.07, 6.45) is 1.05. The van der Waals surface area contributed by atoms with E-state index in [1.807, 2.05) is 13.0 Å². The predicted octanol–water partition coefficient (Wildman–Crippen LogP) is 2.12. The van der Waals surface area contributed by atoms with E-state index >= 15 is 0 Å². The number of rotatable bonds is 2. The molecule has 0 radical (unpaired) electrons. The van der Waals surface area contributed by atoms with Gasteiger partial charge in [0.05, 0.1) is 12.2 Å². The molecule has 0 amide bonds. The van der Waals surface area contributed by atoms with E-state index in [1.165, 1.54) is 11.3 Å². The largest absolute Gasteiger partial charge is 0.359 e. The van der Waals surface area contributed by atoms with Crippen LogP contribution in [0, 0.1) is 6.92 Å². The minimum atomic E-state index is 0.589. The zero-order chi connectivity index (χ0) is 13.9. The van der Waals surface area contributed by atoms with Crippen molar-refractivity contribution in [2.45, 2.75) is 19.9 Å². The summed E-state index contributed by atoms with van der Waals surface area (Å²) in [4.78, 5) is 6.57. The lowest BCUT2D eigenvalue weighted by atomic mass is 10.2. The summed E-state index contributed by atoms with van der Waals surface area (Å²) >= 11 is 0. The molecule has 0 atom stereocenters. The number of guanidine groups is 1. The summed E-state index contributed by atoms with van der Waals surface area (Å²) in [5.74, 6) is 1.68. The van der Waals surface area contributed by atoms with Crippen LogP contribution in [-0.2, 0) is 13.0 Å². The van der Waals surface area contributed by atoms with E-state index in [1.54, 1.807) is 7.05 Å². The number of hydrogen-bond donors (Lipinski definition) is 1. The number of fused-ring (bicyclic) bond motifs is 1. The van der Waals surface area contributed by atoms with Gasteiger partial charge in [-0.25, -0.2) is 0 Å². The number of para-hydroxylation sites is 1. The minimum absolute atomic E-state index is 0.589. The van der Waals surface area contributed by atoms with Gasteiger partial charge in [0.2, 0.25) is 0 Å². The monoisotopic (exact) mass is 270 g/mol. The molecule has 0 bridgehead atoms. The third kappa shape index (κ3) is 2.39. The molecule has 1 aliphatic rings. The average Bonchev–Trinajstić information content (AvgIpc) is 3.07. The third-order valence-electron chi connectivity index (χ3n) is 3.45. The van der Waals surface area contributed by atoms with Crippen LogP contribution in [0.4, 0.5) is 5.69 Å². The Hall–Kier alpha value is -2.30. The number of nitrogens with zero attached hydrogens (tertiary/aromatic N) is 3. The molecule has 0 unspecified atom stereocenters. The van der Waals surface area contributed by atoms with E-state index in [0.717, 1.165) is 30.4 Å². The van der Waals surface area contributed by atoms with Crippen molar-refractivity contribution < 1.29 is 4.52 Å². The average molecular weight is 270 g/mol. The molecule has 1 N–H and O–H groups in total. The van der Waals surface area contributed by atoms with Crippen molar-refractivity contribution in [2.75, 3.05) is 18.5 Å². The van der Waals surface area contributed by atoms with Crippen molar-refractivity contribution in [1.29, 1.82) is 0 Å². The highest BCUT2D eigenvalue weighted by molar-refractivity contribution is 5.97. The molecule has 3 rings (SSSR count). The molecule has 20 heavy (non-hydrogen) atoms. The number of benzene rings is 1. The fourth-order valence-electron chi connectivity index (χ4n) is 2.52. The highest BCUT2D eigenvalue weighted by Gasteiger charge is 2.22. The van der Waals surface area contributed by atoms with Crippen LogP contribution in [0.3, 0.4) is 0 Å². The van der Waals surface area contributed by atoms with Crippen molar-refractivity contribution >= 4 is 11.6 Å². The third-order valence-corrected chi connectivity index (χ3v) is 3.45. The highest BCUT2D eigenvalue weighted by atomic mass is 16.5. The maximum Gasteiger partial charge on any atom is 0.198 e. The first-order valence-electron chi connectivity index (χ1n) is 6.76. The van der Waals surface area contributed by atoms with E-state index in [-0.39, 0.29) is 0 Å². The lowest BCUT2D eigenvalue weighted by Crippen LogP contribution is -2.40. The smallest absolute Gasteiger partial charge is 0.198 e. The van der Waals surface area contributed by atoms with Crippen molar-refractivity contribution in [3.05, 3.63) is 47.3 Å². The van der Waals surface area contributed by atoms with Crippen LogP contribution in [0.15, 0.2) is 39.8 Å². The number of anilines is 1. The molecule has 0 spiro atoms. The fraction of sp³-hybridized carbons (Fsp3) is 0.333. The van der Waals surface area contributed by atoms with Crippen LogP contribution >= 0.6 is 0 Å². The summed E-state index contributed by atoms with van der Waals surface area (Å²) in [6.45, 7) is 3.46. The Bertz CT molecular complexity index is 632. The fourth-order valence-corrected chi connectivity index (χ4v) is 2.52. The van der Waals surface area contributed by atoms with E-state index < -0.39 is 0 Å². The first kappa shape index (κ1) is 12.7. The van der Waals surface area contributed by atoms with Crippen molar-refractivity contribution in [3.8, 4) is 0 Å². The van der Waals surface area contributed by atoms with Crippen molar-refractivity contribution in [2.24, 2.45) is 4.99 Å². The molecule has 0 aliphatic carbocycles. The normalized spacial score (nSPS) is 14.5.